The van der Waals surface area contributed by atoms with Crippen LogP contribution in [0.3, 0.4) is 0 Å². The Morgan fingerprint density at radius 2 is 2.17 bits per heavy atom. The van der Waals surface area contributed by atoms with E-state index in [0.717, 1.165) is 0 Å². The number of aliphatic hydroxyl groups excluding tert-OH is 1. The molecule has 0 fully saturated rings. The van der Waals surface area contributed by atoms with Crippen LogP contribution in [0, 0.1) is 16.0 Å². The van der Waals surface area contributed by atoms with Crippen LogP contribution >= 0.6 is 11.8 Å². The molecule has 1 N–H and O–H groups in total. The predicted molar refractivity (Wildman–Crippen MR) is 87.7 cm³/mol. The molecule has 8 heteroatoms. The zero-order valence-corrected chi connectivity index (χ0v) is 13.9. The summed E-state index contributed by atoms with van der Waals surface area (Å²) in [5, 5.41) is 19.7. The molecule has 0 saturated heterocycles. The molecule has 1 unspecified atom stereocenters. The molecule has 7 nitrogen and oxygen atoms in total. The molecule has 0 amide bonds. The molecular formula is C16H17NO6S. The van der Waals surface area contributed by atoms with Gasteiger partial charge in [-0.3, -0.25) is 19.7 Å². The summed E-state index contributed by atoms with van der Waals surface area (Å²) in [6.45, 7) is 1.66. The number of benzene rings is 1. The third-order valence-electron chi connectivity index (χ3n) is 3.60. The Balaban J connectivity index is 2.29. The highest BCUT2D eigenvalue weighted by atomic mass is 32.2. The van der Waals surface area contributed by atoms with Crippen molar-refractivity contribution in [1.29, 1.82) is 0 Å². The second-order valence-electron chi connectivity index (χ2n) is 5.26. The van der Waals surface area contributed by atoms with Crippen LogP contribution in [0.2, 0.25) is 0 Å². The maximum atomic E-state index is 12.2. The second kappa shape index (κ2) is 8.18. The van der Waals surface area contributed by atoms with Gasteiger partial charge in [-0.25, -0.2) is 0 Å². The lowest BCUT2D eigenvalue weighted by molar-refractivity contribution is -0.385. The quantitative estimate of drug-likeness (QED) is 0.347. The van der Waals surface area contributed by atoms with Crippen molar-refractivity contribution in [3.8, 4) is 0 Å². The molecule has 0 aromatic heterocycles. The van der Waals surface area contributed by atoms with E-state index < -0.39 is 10.8 Å². The third-order valence-corrected chi connectivity index (χ3v) is 4.90. The second-order valence-corrected chi connectivity index (χ2v) is 6.38. The summed E-state index contributed by atoms with van der Waals surface area (Å²) in [5.41, 5.74) is 0.420. The predicted octanol–water partition coefficient (Wildman–Crippen LogP) is 2.13. The summed E-state index contributed by atoms with van der Waals surface area (Å²) in [5.74, 6) is -1.08. The first-order valence-corrected chi connectivity index (χ1v) is 8.13. The molecule has 1 aliphatic rings. The van der Waals surface area contributed by atoms with Gasteiger partial charge in [-0.05, 0) is 13.0 Å². The summed E-state index contributed by atoms with van der Waals surface area (Å²) >= 11 is 1.17. The number of non-ortho nitro benzene ring substituents is 1. The largest absolute Gasteiger partial charge is 0.394 e. The van der Waals surface area contributed by atoms with Gasteiger partial charge in [0.1, 0.15) is 0 Å². The van der Waals surface area contributed by atoms with E-state index in [9.17, 15) is 19.7 Å². The van der Waals surface area contributed by atoms with Gasteiger partial charge in [-0.2, -0.15) is 0 Å². The number of nitro benzene ring substituents is 1. The number of aliphatic hydroxyl groups is 1. The average Bonchev–Trinajstić information content (AvgIpc) is 2.55. The molecule has 24 heavy (non-hydrogen) atoms. The van der Waals surface area contributed by atoms with Gasteiger partial charge in [-0.1, -0.05) is 17.8 Å². The van der Waals surface area contributed by atoms with E-state index in [1.54, 1.807) is 19.1 Å². The van der Waals surface area contributed by atoms with Gasteiger partial charge in [0.05, 0.1) is 37.1 Å². The van der Waals surface area contributed by atoms with Gasteiger partial charge in [-0.15, -0.1) is 0 Å². The monoisotopic (exact) mass is 351 g/mol. The van der Waals surface area contributed by atoms with E-state index in [1.165, 1.54) is 23.9 Å². The standard InChI is InChI=1S/C16H17NO6S/c1-10-14(19)8-15(20)13(9-23-6-5-18)16(10)24-12-4-2-3-11(7-12)17(21)22/h2-4,7,13,18H,5-6,8-9H2,1H3. The zero-order chi connectivity index (χ0) is 17.7. The first-order chi connectivity index (χ1) is 11.4. The smallest absolute Gasteiger partial charge is 0.270 e. The van der Waals surface area contributed by atoms with Crippen LogP contribution in [0.4, 0.5) is 5.69 Å². The molecule has 0 saturated carbocycles. The molecule has 0 bridgehead atoms. The fourth-order valence-electron chi connectivity index (χ4n) is 2.33. The number of nitrogens with zero attached hydrogens (tertiary/aromatic N) is 1. The number of hydrogen-bond acceptors (Lipinski definition) is 7. The Labute approximate surface area is 142 Å². The zero-order valence-electron chi connectivity index (χ0n) is 13.1. The van der Waals surface area contributed by atoms with Gasteiger partial charge in [0.25, 0.3) is 5.69 Å². The summed E-state index contributed by atoms with van der Waals surface area (Å²) in [7, 11) is 0. The Morgan fingerprint density at radius 3 is 2.83 bits per heavy atom. The minimum atomic E-state index is -0.599. The summed E-state index contributed by atoms with van der Waals surface area (Å²) in [6, 6.07) is 6.03. The normalized spacial score (nSPS) is 18.2. The fraction of sp³-hybridized carbons (Fsp3) is 0.375. The topological polar surface area (TPSA) is 107 Å². The maximum absolute atomic E-state index is 12.2. The molecule has 2 rings (SSSR count). The summed E-state index contributed by atoms with van der Waals surface area (Å²) < 4.78 is 5.27. The van der Waals surface area contributed by atoms with Crippen molar-refractivity contribution in [3.63, 3.8) is 0 Å². The number of carbonyl (C=O) groups is 2. The molecule has 0 spiro atoms. The Morgan fingerprint density at radius 1 is 1.42 bits per heavy atom. The number of allylic oxidation sites excluding steroid dienone is 1. The van der Waals surface area contributed by atoms with E-state index in [1.807, 2.05) is 0 Å². The Bertz CT molecular complexity index is 700. The third kappa shape index (κ3) is 4.28. The van der Waals surface area contributed by atoms with Crippen molar-refractivity contribution < 1.29 is 24.4 Å². The van der Waals surface area contributed by atoms with E-state index in [-0.39, 0.29) is 43.5 Å². The highest BCUT2D eigenvalue weighted by Crippen LogP contribution is 2.39. The molecule has 1 aromatic carbocycles. The number of hydrogen-bond donors (Lipinski definition) is 1. The van der Waals surface area contributed by atoms with E-state index in [4.69, 9.17) is 9.84 Å². The number of carbonyl (C=O) groups excluding carboxylic acids is 2. The van der Waals surface area contributed by atoms with Gasteiger partial charge in [0, 0.05) is 27.5 Å². The van der Waals surface area contributed by atoms with Gasteiger partial charge >= 0.3 is 0 Å². The Hall–Kier alpha value is -2.03. The van der Waals surface area contributed by atoms with Crippen LogP contribution in [0.15, 0.2) is 39.6 Å². The van der Waals surface area contributed by atoms with Crippen LogP contribution in [0.25, 0.3) is 0 Å². The van der Waals surface area contributed by atoms with Crippen LogP contribution < -0.4 is 0 Å². The van der Waals surface area contributed by atoms with Crippen molar-refractivity contribution in [2.75, 3.05) is 19.8 Å². The average molecular weight is 351 g/mol. The number of rotatable bonds is 7. The molecule has 1 aliphatic carbocycles. The lowest BCUT2D eigenvalue weighted by atomic mass is 9.89. The fourth-order valence-corrected chi connectivity index (χ4v) is 3.52. The van der Waals surface area contributed by atoms with E-state index in [2.05, 4.69) is 0 Å². The molecule has 0 heterocycles. The van der Waals surface area contributed by atoms with Gasteiger partial charge in [0.15, 0.2) is 11.6 Å². The minimum absolute atomic E-state index is 0.0557. The number of Topliss-reactive ketones (excluding diaryl/α,β-unsaturated/α-hetero) is 2. The van der Waals surface area contributed by atoms with Gasteiger partial charge in [0.2, 0.25) is 0 Å². The molecule has 128 valence electrons. The number of ether oxygens (including phenoxy) is 1. The minimum Gasteiger partial charge on any atom is -0.394 e. The van der Waals surface area contributed by atoms with Crippen molar-refractivity contribution in [2.45, 2.75) is 18.2 Å². The SMILES string of the molecule is CC1=C(Sc2cccc([N+](=O)[O-])c2)C(COCCO)C(=O)CC1=O. The molecule has 1 atom stereocenters. The lowest BCUT2D eigenvalue weighted by Crippen LogP contribution is -2.30. The highest BCUT2D eigenvalue weighted by molar-refractivity contribution is 8.03. The van der Waals surface area contributed by atoms with Crippen LogP contribution in [0.1, 0.15) is 13.3 Å². The lowest BCUT2D eigenvalue weighted by Gasteiger charge is -2.25. The van der Waals surface area contributed by atoms with Crippen molar-refractivity contribution in [3.05, 3.63) is 44.9 Å². The first-order valence-electron chi connectivity index (χ1n) is 7.31. The Kier molecular flexibility index (Phi) is 6.24. The maximum Gasteiger partial charge on any atom is 0.270 e. The van der Waals surface area contributed by atoms with Gasteiger partial charge < -0.3 is 9.84 Å². The summed E-state index contributed by atoms with van der Waals surface area (Å²) in [6.07, 6.45) is -0.169. The van der Waals surface area contributed by atoms with Crippen LogP contribution in [0.5, 0.6) is 0 Å². The number of ketones is 2. The van der Waals surface area contributed by atoms with Crippen LogP contribution in [-0.2, 0) is 14.3 Å². The molecule has 0 radical (unpaired) electrons. The molecule has 0 aliphatic heterocycles. The van der Waals surface area contributed by atoms with Crippen LogP contribution in [-0.4, -0.2) is 41.4 Å². The van der Waals surface area contributed by atoms with Crippen molar-refractivity contribution >= 4 is 29.0 Å². The number of thioether (sulfide) groups is 1. The molecule has 1 aromatic rings. The van der Waals surface area contributed by atoms with Crippen molar-refractivity contribution in [2.24, 2.45) is 5.92 Å². The molecular weight excluding hydrogens is 334 g/mol. The first kappa shape index (κ1) is 18.3. The van der Waals surface area contributed by atoms with Crippen molar-refractivity contribution in [1.82, 2.24) is 0 Å². The van der Waals surface area contributed by atoms with E-state index >= 15 is 0 Å². The number of nitro groups is 1. The highest BCUT2D eigenvalue weighted by Gasteiger charge is 2.33. The van der Waals surface area contributed by atoms with E-state index in [0.29, 0.717) is 15.4 Å². The summed E-state index contributed by atoms with van der Waals surface area (Å²) in [4.78, 5) is 35.7.